The first-order chi connectivity index (χ1) is 15.9. The van der Waals surface area contributed by atoms with Gasteiger partial charge in [0.15, 0.2) is 10.1 Å². The quantitative estimate of drug-likeness (QED) is 0.218. The number of fused-ring (bicyclic) bond motifs is 1. The van der Waals surface area contributed by atoms with Gasteiger partial charge in [0.1, 0.15) is 29.2 Å². The molecule has 1 aromatic heterocycles. The lowest BCUT2D eigenvalue weighted by molar-refractivity contribution is -0.150. The minimum Gasteiger partial charge on any atom is -0.490 e. The molecule has 1 saturated heterocycles. The molecule has 33 heavy (non-hydrogen) atoms. The minimum absolute atomic E-state index is 0.0384. The third-order valence-corrected chi connectivity index (χ3v) is 8.87. The summed E-state index contributed by atoms with van der Waals surface area (Å²) in [6.07, 6.45) is 0. The number of aliphatic carboxylic acids is 1. The van der Waals surface area contributed by atoms with Gasteiger partial charge < -0.3 is 20.0 Å². The zero-order valence-corrected chi connectivity index (χ0v) is 20.7. The van der Waals surface area contributed by atoms with Crippen molar-refractivity contribution in [2.24, 2.45) is 5.16 Å². The van der Waals surface area contributed by atoms with Gasteiger partial charge in [-0.1, -0.05) is 28.3 Å². The number of β-lactam (4-membered cyclic amide) rings is 1. The maximum Gasteiger partial charge on any atom is 0.352 e. The van der Waals surface area contributed by atoms with E-state index in [1.165, 1.54) is 58.6 Å². The van der Waals surface area contributed by atoms with Gasteiger partial charge >= 0.3 is 5.97 Å². The number of aromatic nitrogens is 2. The number of nitrogens with one attached hydrogen (secondary N) is 1. The van der Waals surface area contributed by atoms with E-state index in [2.05, 4.69) is 20.7 Å². The number of aryl methyl sites for hydroxylation is 1. The monoisotopic (exact) mass is 529 g/mol. The standard InChI is InChI=1S/C18H19N5O6S4/c1-8-20-21-18(33-8)32-6-9-5-31-16-12(15(25)23(16)13(9)17(26)27)19-14(24)11(22-28-2)10-7-30-4-3-29-10/h7,12,16H,3-6H2,1-2H3,(H,19,24)(H,26,27)/b22-11+. The molecule has 15 heteroatoms. The Morgan fingerprint density at radius 1 is 1.45 bits per heavy atom. The fraction of sp³-hybridized carbons (Fsp3) is 0.444. The van der Waals surface area contributed by atoms with Crippen molar-refractivity contribution >= 4 is 70.1 Å². The van der Waals surface area contributed by atoms with Crippen molar-refractivity contribution in [1.82, 2.24) is 20.4 Å². The molecular formula is C18H19N5O6S4. The molecular weight excluding hydrogens is 510 g/mol. The second-order valence-electron chi connectivity index (χ2n) is 6.82. The second kappa shape index (κ2) is 10.4. The summed E-state index contributed by atoms with van der Waals surface area (Å²) in [7, 11) is 1.31. The van der Waals surface area contributed by atoms with E-state index in [9.17, 15) is 19.5 Å². The average molecular weight is 530 g/mol. The highest BCUT2D eigenvalue weighted by Crippen LogP contribution is 2.41. The lowest BCUT2D eigenvalue weighted by Crippen LogP contribution is -2.71. The summed E-state index contributed by atoms with van der Waals surface area (Å²) in [5.74, 6) is -0.481. The number of carboxylic acids is 1. The lowest BCUT2D eigenvalue weighted by atomic mass is 10.0. The fourth-order valence-corrected chi connectivity index (χ4v) is 7.20. The number of carboxylic acid groups (broad SMARTS) is 1. The van der Waals surface area contributed by atoms with E-state index in [1.54, 1.807) is 5.41 Å². The third-order valence-electron chi connectivity index (χ3n) is 4.69. The van der Waals surface area contributed by atoms with Gasteiger partial charge in [0, 0.05) is 22.7 Å². The first-order valence-electron chi connectivity index (χ1n) is 9.60. The molecule has 0 bridgehead atoms. The molecule has 2 N–H and O–H groups in total. The molecule has 1 fully saturated rings. The zero-order chi connectivity index (χ0) is 23.5. The summed E-state index contributed by atoms with van der Waals surface area (Å²) in [5, 5.41) is 26.2. The first-order valence-corrected chi connectivity index (χ1v) is 13.5. The Bertz CT molecular complexity index is 1070. The van der Waals surface area contributed by atoms with E-state index < -0.39 is 29.2 Å². The van der Waals surface area contributed by atoms with Crippen molar-refractivity contribution in [3.05, 3.63) is 27.4 Å². The largest absolute Gasteiger partial charge is 0.490 e. The number of hydrogen-bond acceptors (Lipinski definition) is 12. The molecule has 176 valence electrons. The van der Waals surface area contributed by atoms with Crippen LogP contribution in [0.5, 0.6) is 0 Å². The van der Waals surface area contributed by atoms with Gasteiger partial charge in [-0.05, 0) is 12.5 Å². The van der Waals surface area contributed by atoms with Crippen molar-refractivity contribution in [2.45, 2.75) is 22.7 Å². The highest BCUT2D eigenvalue weighted by Gasteiger charge is 2.54. The van der Waals surface area contributed by atoms with Crippen LogP contribution < -0.4 is 5.32 Å². The van der Waals surface area contributed by atoms with Crippen LogP contribution >= 0.6 is 46.6 Å². The van der Waals surface area contributed by atoms with Crippen LogP contribution in [0.3, 0.4) is 0 Å². The van der Waals surface area contributed by atoms with Crippen LogP contribution in [0.4, 0.5) is 0 Å². The SMILES string of the molecule is CO/N=C(/C(=O)NC1C(=O)N2C(C(=O)O)=C(CSc3nnc(C)s3)CSC12)C1=CSCCO1. The normalized spacial score (nSPS) is 22.7. The van der Waals surface area contributed by atoms with Crippen molar-refractivity contribution in [2.75, 3.05) is 31.0 Å². The Kier molecular flexibility index (Phi) is 7.51. The maximum atomic E-state index is 12.9. The molecule has 2 unspecified atom stereocenters. The predicted molar refractivity (Wildman–Crippen MR) is 126 cm³/mol. The Labute approximate surface area is 205 Å². The van der Waals surface area contributed by atoms with Crippen molar-refractivity contribution in [1.29, 1.82) is 0 Å². The molecule has 3 aliphatic rings. The number of ether oxygens (including phenoxy) is 1. The lowest BCUT2D eigenvalue weighted by Gasteiger charge is -2.49. The topological polar surface area (TPSA) is 143 Å². The number of nitrogens with zero attached hydrogens (tertiary/aromatic N) is 4. The van der Waals surface area contributed by atoms with E-state index in [-0.39, 0.29) is 17.2 Å². The Hall–Kier alpha value is -2.23. The van der Waals surface area contributed by atoms with E-state index in [4.69, 9.17) is 9.57 Å². The van der Waals surface area contributed by atoms with Gasteiger partial charge in [-0.2, -0.15) is 0 Å². The molecule has 2 amide bonds. The van der Waals surface area contributed by atoms with Crippen LogP contribution in [0.25, 0.3) is 0 Å². The summed E-state index contributed by atoms with van der Waals surface area (Å²) < 4.78 is 6.22. The number of oxime groups is 1. The summed E-state index contributed by atoms with van der Waals surface area (Å²) in [5.41, 5.74) is 0.512. The molecule has 1 aromatic rings. The maximum absolute atomic E-state index is 12.9. The smallest absolute Gasteiger partial charge is 0.352 e. The molecule has 2 atom stereocenters. The molecule has 0 aliphatic carbocycles. The summed E-state index contributed by atoms with van der Waals surface area (Å²) >= 11 is 5.69. The van der Waals surface area contributed by atoms with Crippen molar-refractivity contribution in [3.63, 3.8) is 0 Å². The van der Waals surface area contributed by atoms with Crippen molar-refractivity contribution < 1.29 is 29.1 Å². The van der Waals surface area contributed by atoms with Gasteiger partial charge in [-0.25, -0.2) is 4.79 Å². The molecule has 0 aromatic carbocycles. The van der Waals surface area contributed by atoms with Gasteiger partial charge in [0.05, 0.1) is 6.61 Å². The number of hydrogen-bond donors (Lipinski definition) is 2. The predicted octanol–water partition coefficient (Wildman–Crippen LogP) is 1.28. The first kappa shape index (κ1) is 23.9. The van der Waals surface area contributed by atoms with Crippen molar-refractivity contribution in [3.8, 4) is 0 Å². The molecule has 4 heterocycles. The van der Waals surface area contributed by atoms with Crippen LogP contribution in [0.15, 0.2) is 31.9 Å². The Morgan fingerprint density at radius 3 is 2.91 bits per heavy atom. The number of rotatable bonds is 8. The van der Waals surface area contributed by atoms with Crippen LogP contribution in [0.2, 0.25) is 0 Å². The Morgan fingerprint density at radius 2 is 2.27 bits per heavy atom. The Balaban J connectivity index is 1.47. The van der Waals surface area contributed by atoms with E-state index in [0.29, 0.717) is 23.7 Å². The van der Waals surface area contributed by atoms with E-state index >= 15 is 0 Å². The van der Waals surface area contributed by atoms with Crippen LogP contribution in [0.1, 0.15) is 5.01 Å². The highest BCUT2D eigenvalue weighted by molar-refractivity contribution is 8.02. The number of amides is 2. The van der Waals surface area contributed by atoms with Crippen LogP contribution in [-0.2, 0) is 24.0 Å². The molecule has 4 rings (SSSR count). The third kappa shape index (κ3) is 5.00. The van der Waals surface area contributed by atoms with Gasteiger partial charge in [0.2, 0.25) is 5.71 Å². The second-order valence-corrected chi connectivity index (χ2v) is 11.3. The molecule has 0 spiro atoms. The molecule has 11 nitrogen and oxygen atoms in total. The van der Waals surface area contributed by atoms with Gasteiger partial charge in [-0.15, -0.1) is 33.7 Å². The van der Waals surface area contributed by atoms with Crippen LogP contribution in [0, 0.1) is 6.92 Å². The molecule has 3 aliphatic heterocycles. The summed E-state index contributed by atoms with van der Waals surface area (Å²) in [6.45, 7) is 2.27. The van der Waals surface area contributed by atoms with E-state index in [1.807, 2.05) is 6.92 Å². The number of carbonyl (C=O) groups excluding carboxylic acids is 2. The average Bonchev–Trinajstić information content (AvgIpc) is 3.24. The van der Waals surface area contributed by atoms with Gasteiger partial charge in [0.25, 0.3) is 11.8 Å². The van der Waals surface area contributed by atoms with Gasteiger partial charge in [-0.3, -0.25) is 14.5 Å². The summed E-state index contributed by atoms with van der Waals surface area (Å²) in [4.78, 5) is 43.7. The molecule has 0 saturated carbocycles. The van der Waals surface area contributed by atoms with E-state index in [0.717, 1.165) is 15.1 Å². The molecule has 0 radical (unpaired) electrons. The van der Waals surface area contributed by atoms with Crippen LogP contribution in [-0.4, -0.2) is 86.1 Å². The fourth-order valence-electron chi connectivity index (χ4n) is 3.27. The highest BCUT2D eigenvalue weighted by atomic mass is 32.2. The number of carbonyl (C=O) groups is 3. The zero-order valence-electron chi connectivity index (χ0n) is 17.5. The summed E-state index contributed by atoms with van der Waals surface area (Å²) in [6, 6.07) is -0.879. The minimum atomic E-state index is -1.18. The number of thioether (sulfide) groups is 3.